The molecule has 0 saturated carbocycles. The first-order valence-corrected chi connectivity index (χ1v) is 7.43. The van der Waals surface area contributed by atoms with E-state index >= 15 is 0 Å². The topological polar surface area (TPSA) is 32.3 Å². The molecule has 1 atom stereocenters. The molecule has 2 heterocycles. The number of nitrogens with zero attached hydrogens (tertiary/aromatic N) is 1. The van der Waals surface area contributed by atoms with Gasteiger partial charge in [-0.1, -0.05) is 6.08 Å². The summed E-state index contributed by atoms with van der Waals surface area (Å²) in [7, 11) is 0. The van der Waals surface area contributed by atoms with Crippen LogP contribution in [0, 0.1) is 0 Å². The molecule has 0 amide bonds. The van der Waals surface area contributed by atoms with Crippen LogP contribution in [0.1, 0.15) is 44.9 Å². The van der Waals surface area contributed by atoms with Gasteiger partial charge in [0.25, 0.3) is 0 Å². The van der Waals surface area contributed by atoms with Gasteiger partial charge in [0.2, 0.25) is 0 Å². The summed E-state index contributed by atoms with van der Waals surface area (Å²) >= 11 is 0. The van der Waals surface area contributed by atoms with Crippen LogP contribution in [0.5, 0.6) is 0 Å². The highest BCUT2D eigenvalue weighted by Crippen LogP contribution is 2.26. The van der Waals surface area contributed by atoms with E-state index in [1.54, 1.807) is 0 Å². The highest BCUT2D eigenvalue weighted by molar-refractivity contribution is 5.84. The number of hydrogen-bond donors (Lipinski definition) is 1. The van der Waals surface area contributed by atoms with Crippen molar-refractivity contribution in [2.75, 3.05) is 19.6 Å². The molecule has 0 aromatic rings. The Hall–Kier alpha value is -0.670. The summed E-state index contributed by atoms with van der Waals surface area (Å²) in [5.41, 5.74) is 0. The van der Waals surface area contributed by atoms with Crippen molar-refractivity contribution in [1.82, 2.24) is 10.2 Å². The van der Waals surface area contributed by atoms with Crippen molar-refractivity contribution < 1.29 is 4.79 Å². The van der Waals surface area contributed by atoms with Crippen LogP contribution in [0.2, 0.25) is 0 Å². The molecule has 3 heteroatoms. The Balaban J connectivity index is 1.85. The molecule has 0 aromatic carbocycles. The Morgan fingerprint density at radius 1 is 1.33 bits per heavy atom. The fraction of sp³-hybridized carbons (Fsp3) is 0.800. The highest BCUT2D eigenvalue weighted by atomic mass is 16.1. The standard InChI is InChI=1S/C15H26N2O/c1-2-3-4-7-15(18)14-6-5-12-17(14)13-8-10-16-11-9-13/h2,13-14,16H,1,3-12H2. The maximum absolute atomic E-state index is 12.3. The average Bonchev–Trinajstić information content (AvgIpc) is 2.89. The zero-order valence-corrected chi connectivity index (χ0v) is 11.4. The van der Waals surface area contributed by atoms with Gasteiger partial charge in [-0.25, -0.2) is 0 Å². The van der Waals surface area contributed by atoms with Crippen LogP contribution in [0.15, 0.2) is 12.7 Å². The van der Waals surface area contributed by atoms with E-state index in [0.717, 1.165) is 45.3 Å². The maximum Gasteiger partial charge on any atom is 0.149 e. The SMILES string of the molecule is C=CCCCC(=O)C1CCCN1C1CCNCC1. The first-order chi connectivity index (χ1) is 8.83. The number of Topliss-reactive ketones (excluding diaryl/α,β-unsaturated/α-hetero) is 1. The molecule has 3 nitrogen and oxygen atoms in total. The number of piperidine rings is 1. The van der Waals surface area contributed by atoms with Gasteiger partial charge < -0.3 is 5.32 Å². The molecule has 1 N–H and O–H groups in total. The van der Waals surface area contributed by atoms with Crippen molar-refractivity contribution in [3.8, 4) is 0 Å². The van der Waals surface area contributed by atoms with Gasteiger partial charge in [-0.2, -0.15) is 0 Å². The number of nitrogens with one attached hydrogen (secondary N) is 1. The lowest BCUT2D eigenvalue weighted by atomic mass is 10.00. The van der Waals surface area contributed by atoms with Gasteiger partial charge in [-0.05, 0) is 58.2 Å². The monoisotopic (exact) mass is 250 g/mol. The number of allylic oxidation sites excluding steroid dienone is 1. The summed E-state index contributed by atoms with van der Waals surface area (Å²) in [6.45, 7) is 7.06. The highest BCUT2D eigenvalue weighted by Gasteiger charge is 2.34. The van der Waals surface area contributed by atoms with Gasteiger partial charge >= 0.3 is 0 Å². The third-order valence-electron chi connectivity index (χ3n) is 4.27. The van der Waals surface area contributed by atoms with Crippen LogP contribution >= 0.6 is 0 Å². The number of rotatable bonds is 6. The molecule has 2 fully saturated rings. The van der Waals surface area contributed by atoms with Crippen LogP contribution in [-0.2, 0) is 4.79 Å². The number of carbonyl (C=O) groups excluding carboxylic acids is 1. The Morgan fingerprint density at radius 2 is 2.11 bits per heavy atom. The third-order valence-corrected chi connectivity index (χ3v) is 4.27. The summed E-state index contributed by atoms with van der Waals surface area (Å²) in [5, 5.41) is 3.40. The van der Waals surface area contributed by atoms with Crippen molar-refractivity contribution in [2.24, 2.45) is 0 Å². The number of likely N-dealkylation sites (tertiary alicyclic amines) is 1. The first-order valence-electron chi connectivity index (χ1n) is 7.43. The van der Waals surface area contributed by atoms with Crippen molar-refractivity contribution in [3.05, 3.63) is 12.7 Å². The predicted molar refractivity (Wildman–Crippen MR) is 74.7 cm³/mol. The normalized spacial score (nSPS) is 26.3. The van der Waals surface area contributed by atoms with E-state index in [4.69, 9.17) is 0 Å². The lowest BCUT2D eigenvalue weighted by Crippen LogP contribution is -2.47. The largest absolute Gasteiger partial charge is 0.317 e. The van der Waals surface area contributed by atoms with Crippen LogP contribution < -0.4 is 5.32 Å². The van der Waals surface area contributed by atoms with Crippen molar-refractivity contribution in [1.29, 1.82) is 0 Å². The van der Waals surface area contributed by atoms with Crippen molar-refractivity contribution in [3.63, 3.8) is 0 Å². The molecule has 18 heavy (non-hydrogen) atoms. The molecule has 0 aliphatic carbocycles. The third kappa shape index (κ3) is 3.42. The second-order valence-electron chi connectivity index (χ2n) is 5.52. The van der Waals surface area contributed by atoms with E-state index in [9.17, 15) is 4.79 Å². The second kappa shape index (κ2) is 7.05. The van der Waals surface area contributed by atoms with Gasteiger partial charge in [-0.15, -0.1) is 6.58 Å². The number of unbranched alkanes of at least 4 members (excludes halogenated alkanes) is 1. The van der Waals surface area contributed by atoms with Crippen LogP contribution in [-0.4, -0.2) is 42.4 Å². The summed E-state index contributed by atoms with van der Waals surface area (Å²) in [5.74, 6) is 0.466. The van der Waals surface area contributed by atoms with Crippen molar-refractivity contribution in [2.45, 2.75) is 57.0 Å². The Morgan fingerprint density at radius 3 is 2.83 bits per heavy atom. The Kier molecular flexibility index (Phi) is 5.39. The summed E-state index contributed by atoms with van der Waals surface area (Å²) in [4.78, 5) is 14.8. The van der Waals surface area contributed by atoms with Gasteiger partial charge in [0.05, 0.1) is 6.04 Å². The lowest BCUT2D eigenvalue weighted by molar-refractivity contribution is -0.124. The minimum absolute atomic E-state index is 0.220. The van der Waals surface area contributed by atoms with Gasteiger partial charge in [0.15, 0.2) is 0 Å². The van der Waals surface area contributed by atoms with Gasteiger partial charge in [0.1, 0.15) is 5.78 Å². The first kappa shape index (κ1) is 13.8. The Bertz CT molecular complexity index is 284. The fourth-order valence-electron chi connectivity index (χ4n) is 3.30. The fourth-order valence-corrected chi connectivity index (χ4v) is 3.30. The average molecular weight is 250 g/mol. The molecule has 0 radical (unpaired) electrons. The number of ketones is 1. The predicted octanol–water partition coefficient (Wildman–Crippen LogP) is 2.13. The molecule has 2 aliphatic heterocycles. The molecule has 102 valence electrons. The maximum atomic E-state index is 12.3. The zero-order valence-electron chi connectivity index (χ0n) is 11.4. The molecular formula is C15H26N2O. The molecular weight excluding hydrogens is 224 g/mol. The van der Waals surface area contributed by atoms with Crippen LogP contribution in [0.3, 0.4) is 0 Å². The van der Waals surface area contributed by atoms with E-state index < -0.39 is 0 Å². The molecule has 0 aromatic heterocycles. The van der Waals surface area contributed by atoms with Gasteiger partial charge in [-0.3, -0.25) is 9.69 Å². The van der Waals surface area contributed by atoms with E-state index in [2.05, 4.69) is 16.8 Å². The van der Waals surface area contributed by atoms with Gasteiger partial charge in [0, 0.05) is 12.5 Å². The molecule has 2 rings (SSSR count). The Labute approximate surface area is 111 Å². The molecule has 0 bridgehead atoms. The number of hydrogen-bond acceptors (Lipinski definition) is 3. The summed E-state index contributed by atoms with van der Waals surface area (Å²) < 4.78 is 0. The molecule has 1 unspecified atom stereocenters. The molecule has 2 aliphatic rings. The van der Waals surface area contributed by atoms with Crippen LogP contribution in [0.4, 0.5) is 0 Å². The summed E-state index contributed by atoms with van der Waals surface area (Å²) in [6, 6.07) is 0.861. The molecule has 2 saturated heterocycles. The minimum Gasteiger partial charge on any atom is -0.317 e. The zero-order chi connectivity index (χ0) is 12.8. The number of carbonyl (C=O) groups is 1. The van der Waals surface area contributed by atoms with E-state index in [1.807, 2.05) is 6.08 Å². The molecule has 0 spiro atoms. The van der Waals surface area contributed by atoms with Crippen molar-refractivity contribution >= 4 is 5.78 Å². The summed E-state index contributed by atoms with van der Waals surface area (Å²) in [6.07, 6.45) is 9.26. The second-order valence-corrected chi connectivity index (χ2v) is 5.52. The minimum atomic E-state index is 0.220. The van der Waals surface area contributed by atoms with E-state index in [1.165, 1.54) is 19.3 Å². The quantitative estimate of drug-likeness (QED) is 0.579. The van der Waals surface area contributed by atoms with Crippen LogP contribution in [0.25, 0.3) is 0 Å². The lowest BCUT2D eigenvalue weighted by Gasteiger charge is -2.35. The van der Waals surface area contributed by atoms with E-state index in [0.29, 0.717) is 11.8 Å². The smallest absolute Gasteiger partial charge is 0.149 e. The van der Waals surface area contributed by atoms with E-state index in [-0.39, 0.29) is 6.04 Å².